The molecule has 3 aromatic heterocycles. The zero-order chi connectivity index (χ0) is 30.1. The molecule has 0 aliphatic carbocycles. The normalized spacial score (nSPS) is 18.5. The number of aliphatic carboxylic acids is 1. The van der Waals surface area contributed by atoms with Crippen LogP contribution in [0.5, 0.6) is 0 Å². The molecule has 0 spiro atoms. The summed E-state index contributed by atoms with van der Waals surface area (Å²) in [5.41, 5.74) is 10.1. The molecule has 7 N–H and O–H groups in total. The van der Waals surface area contributed by atoms with Crippen molar-refractivity contribution in [2.45, 2.75) is 23.2 Å². The van der Waals surface area contributed by atoms with Gasteiger partial charge in [-0.15, -0.1) is 34.4 Å². The van der Waals surface area contributed by atoms with Gasteiger partial charge in [-0.1, -0.05) is 16.9 Å². The standard InChI is InChI=1S/C21H20N10O7S4/c1-30-21(27-14(33)15(34)28-30)42-4-7-3-39-17-11(16(35)31(17)12(7)18(36)37)26-13(32)10(9-6-41-20(23)25-9)29-38-2-8-5-40-19(22)24-8/h5-6,11,17H,2-4H2,1H3,(H2,22,24)(H2,23,25)(H,26,32)(H,28,34)(H,36,37)/t11?,17-/m0/s1. The molecular formula is C21H20N10O7S4. The van der Waals surface area contributed by atoms with Crippen LogP contribution in [0.1, 0.15) is 11.4 Å². The number of nitrogens with one attached hydrogen (secondary N) is 2. The van der Waals surface area contributed by atoms with E-state index in [2.05, 4.69) is 30.5 Å². The van der Waals surface area contributed by atoms with E-state index in [4.69, 9.17) is 16.3 Å². The van der Waals surface area contributed by atoms with Crippen LogP contribution in [-0.2, 0) is 32.9 Å². The van der Waals surface area contributed by atoms with Crippen molar-refractivity contribution in [2.75, 3.05) is 23.0 Å². The quantitative estimate of drug-likeness (QED) is 0.0579. The van der Waals surface area contributed by atoms with E-state index in [1.807, 2.05) is 0 Å². The van der Waals surface area contributed by atoms with Crippen LogP contribution in [0.3, 0.4) is 0 Å². The van der Waals surface area contributed by atoms with E-state index in [9.17, 15) is 29.1 Å². The predicted molar refractivity (Wildman–Crippen MR) is 155 cm³/mol. The number of β-lactam (4-membered cyclic amide) rings is 1. The van der Waals surface area contributed by atoms with Gasteiger partial charge in [0.2, 0.25) is 0 Å². The zero-order valence-corrected chi connectivity index (χ0v) is 24.6. The highest BCUT2D eigenvalue weighted by atomic mass is 32.2. The lowest BCUT2D eigenvalue weighted by atomic mass is 10.0. The van der Waals surface area contributed by atoms with Gasteiger partial charge in [0, 0.05) is 29.3 Å². The zero-order valence-electron chi connectivity index (χ0n) is 21.3. The molecule has 3 aromatic rings. The Kier molecular flexibility index (Phi) is 8.34. The predicted octanol–water partition coefficient (Wildman–Crippen LogP) is -1.00. The Balaban J connectivity index is 1.31. The van der Waals surface area contributed by atoms with Crippen molar-refractivity contribution >= 4 is 80.0 Å². The Morgan fingerprint density at radius 3 is 2.62 bits per heavy atom. The molecule has 0 bridgehead atoms. The average Bonchev–Trinajstić information content (AvgIpc) is 3.57. The van der Waals surface area contributed by atoms with Gasteiger partial charge in [-0.25, -0.2) is 14.8 Å². The molecule has 2 atom stereocenters. The molecule has 0 aromatic carbocycles. The second-order valence-corrected chi connectivity index (χ2v) is 12.4. The summed E-state index contributed by atoms with van der Waals surface area (Å²) in [6.45, 7) is -0.0744. The van der Waals surface area contributed by atoms with Gasteiger partial charge in [0.15, 0.2) is 27.7 Å². The lowest BCUT2D eigenvalue weighted by molar-refractivity contribution is -0.150. The van der Waals surface area contributed by atoms with Crippen molar-refractivity contribution in [3.05, 3.63) is 54.1 Å². The number of thioether (sulfide) groups is 2. The number of nitrogens with two attached hydrogens (primary N) is 2. The maximum absolute atomic E-state index is 13.2. The largest absolute Gasteiger partial charge is 0.477 e. The third-order valence-electron chi connectivity index (χ3n) is 5.78. The fourth-order valence-corrected chi connectivity index (χ4v) is 7.40. The minimum atomic E-state index is -1.33. The summed E-state index contributed by atoms with van der Waals surface area (Å²) in [5, 5.41) is 21.9. The average molecular weight is 653 g/mol. The Labute approximate surface area is 251 Å². The topological polar surface area (TPSA) is 254 Å². The molecule has 42 heavy (non-hydrogen) atoms. The van der Waals surface area contributed by atoms with Crippen molar-refractivity contribution in [2.24, 2.45) is 12.2 Å². The van der Waals surface area contributed by atoms with Gasteiger partial charge >= 0.3 is 17.1 Å². The maximum atomic E-state index is 13.2. The minimum absolute atomic E-state index is 0.0744. The van der Waals surface area contributed by atoms with Gasteiger partial charge in [-0.05, 0) is 5.57 Å². The number of nitrogen functional groups attached to an aromatic ring is 2. The number of carbonyl (C=O) groups is 3. The van der Waals surface area contributed by atoms with Crippen molar-refractivity contribution < 1.29 is 24.3 Å². The number of oxime groups is 1. The van der Waals surface area contributed by atoms with Gasteiger partial charge in [-0.3, -0.25) is 33.9 Å². The summed E-state index contributed by atoms with van der Waals surface area (Å²) >= 11 is 4.58. The molecular weight excluding hydrogens is 633 g/mol. The molecule has 2 aliphatic rings. The molecule has 21 heteroatoms. The number of hydrogen-bond acceptors (Lipinski definition) is 16. The van der Waals surface area contributed by atoms with Crippen LogP contribution < -0.4 is 27.9 Å². The van der Waals surface area contributed by atoms with Crippen molar-refractivity contribution in [3.63, 3.8) is 0 Å². The SMILES string of the molecule is Cn1[nH]c(=O)c(=O)nc1SCC1=C(C(=O)O)N2C(=O)C(NC(=O)C(=NOCc3csc(N)n3)c3csc(N)n3)[C@@H]2SC1. The number of rotatable bonds is 10. The van der Waals surface area contributed by atoms with Gasteiger partial charge in [0.1, 0.15) is 22.8 Å². The molecule has 1 saturated heterocycles. The summed E-state index contributed by atoms with van der Waals surface area (Å²) in [7, 11) is 1.48. The van der Waals surface area contributed by atoms with Gasteiger partial charge in [-0.2, -0.15) is 4.98 Å². The number of carbonyl (C=O) groups excluding carboxylic acids is 2. The van der Waals surface area contributed by atoms with Crippen molar-refractivity contribution in [1.29, 1.82) is 0 Å². The summed E-state index contributed by atoms with van der Waals surface area (Å²) < 4.78 is 1.25. The Morgan fingerprint density at radius 2 is 1.95 bits per heavy atom. The summed E-state index contributed by atoms with van der Waals surface area (Å²) in [4.78, 5) is 79.9. The van der Waals surface area contributed by atoms with E-state index >= 15 is 0 Å². The molecule has 0 radical (unpaired) electrons. The lowest BCUT2D eigenvalue weighted by Gasteiger charge is -2.49. The first-order chi connectivity index (χ1) is 20.0. The Bertz CT molecular complexity index is 1760. The van der Waals surface area contributed by atoms with E-state index < -0.39 is 40.3 Å². The summed E-state index contributed by atoms with van der Waals surface area (Å²) in [6.07, 6.45) is 0. The molecule has 2 amide bonds. The Hall–Kier alpha value is -4.21. The van der Waals surface area contributed by atoms with Gasteiger partial charge < -0.3 is 26.7 Å². The number of anilines is 2. The van der Waals surface area contributed by atoms with Crippen LogP contribution in [0, 0.1) is 0 Å². The van der Waals surface area contributed by atoms with E-state index in [-0.39, 0.29) is 45.5 Å². The molecule has 5 heterocycles. The van der Waals surface area contributed by atoms with E-state index in [1.54, 1.807) is 5.38 Å². The highest BCUT2D eigenvalue weighted by molar-refractivity contribution is 8.01. The number of hydrogen-bond donors (Lipinski definition) is 5. The number of aryl methyl sites for hydroxylation is 1. The number of aromatic amines is 1. The number of H-pyrrole nitrogens is 1. The fourth-order valence-electron chi connectivity index (χ4n) is 3.90. The number of carboxylic acids is 1. The number of amides is 2. The van der Waals surface area contributed by atoms with E-state index in [0.717, 1.165) is 28.0 Å². The van der Waals surface area contributed by atoms with Crippen LogP contribution in [0.25, 0.3) is 0 Å². The molecule has 220 valence electrons. The number of aromatic nitrogens is 5. The second kappa shape index (κ2) is 12.0. The molecule has 17 nitrogen and oxygen atoms in total. The molecule has 1 fully saturated rings. The highest BCUT2D eigenvalue weighted by Crippen LogP contribution is 2.41. The third kappa shape index (κ3) is 5.89. The molecule has 1 unspecified atom stereocenters. The molecule has 2 aliphatic heterocycles. The highest BCUT2D eigenvalue weighted by Gasteiger charge is 2.54. The molecule has 0 saturated carbocycles. The Morgan fingerprint density at radius 1 is 1.21 bits per heavy atom. The number of fused-ring (bicyclic) bond motifs is 1. The van der Waals surface area contributed by atoms with Crippen LogP contribution >= 0.6 is 46.2 Å². The minimum Gasteiger partial charge on any atom is -0.477 e. The molecule has 5 rings (SSSR count). The van der Waals surface area contributed by atoms with Crippen LogP contribution in [0.4, 0.5) is 10.3 Å². The fraction of sp³-hybridized carbons (Fsp3) is 0.286. The van der Waals surface area contributed by atoms with Crippen LogP contribution in [-0.4, -0.2) is 81.2 Å². The number of nitrogens with zero attached hydrogens (tertiary/aromatic N) is 6. The summed E-state index contributed by atoms with van der Waals surface area (Å²) in [5.74, 6) is -2.43. The number of carboxylic acid groups (broad SMARTS) is 1. The van der Waals surface area contributed by atoms with Crippen molar-refractivity contribution in [3.8, 4) is 0 Å². The number of thiazole rings is 2. The van der Waals surface area contributed by atoms with E-state index in [1.165, 1.54) is 40.2 Å². The monoisotopic (exact) mass is 652 g/mol. The van der Waals surface area contributed by atoms with Crippen molar-refractivity contribution in [1.82, 2.24) is 34.9 Å². The first kappa shape index (κ1) is 29.3. The van der Waals surface area contributed by atoms with Gasteiger partial charge in [0.05, 0.1) is 5.69 Å². The third-order valence-corrected chi connectivity index (χ3v) is 9.63. The smallest absolute Gasteiger partial charge is 0.352 e. The second-order valence-electron chi connectivity index (χ2n) is 8.57. The van der Waals surface area contributed by atoms with Crippen LogP contribution in [0.15, 0.2) is 41.9 Å². The van der Waals surface area contributed by atoms with Gasteiger partial charge in [0.25, 0.3) is 11.8 Å². The van der Waals surface area contributed by atoms with E-state index in [0.29, 0.717) is 16.4 Å². The lowest BCUT2D eigenvalue weighted by Crippen LogP contribution is -2.71. The first-order valence-corrected chi connectivity index (χ1v) is 15.4. The first-order valence-electron chi connectivity index (χ1n) is 11.7. The van der Waals surface area contributed by atoms with Crippen LogP contribution in [0.2, 0.25) is 0 Å². The summed E-state index contributed by atoms with van der Waals surface area (Å²) in [6, 6.07) is -1.05. The maximum Gasteiger partial charge on any atom is 0.352 e.